The number of hydrogen-bond acceptors (Lipinski definition) is 2. The molecule has 1 N–H and O–H groups in total. The summed E-state index contributed by atoms with van der Waals surface area (Å²) in [6.07, 6.45) is 0.200. The molecule has 0 aliphatic rings. The first-order valence-electron chi connectivity index (χ1n) is 4.12. The van der Waals surface area contributed by atoms with E-state index in [4.69, 9.17) is 28.3 Å². The van der Waals surface area contributed by atoms with Crippen LogP contribution in [0.1, 0.15) is 18.1 Å². The zero-order valence-electron chi connectivity index (χ0n) is 7.68. The molecule has 0 unspecified atom stereocenters. The van der Waals surface area contributed by atoms with Crippen LogP contribution >= 0.6 is 23.2 Å². The summed E-state index contributed by atoms with van der Waals surface area (Å²) in [6, 6.07) is 3.28. The summed E-state index contributed by atoms with van der Waals surface area (Å²) in [7, 11) is 0. The Morgan fingerprint density at radius 2 is 2.07 bits per heavy atom. The van der Waals surface area contributed by atoms with E-state index in [1.54, 1.807) is 12.1 Å². The number of carbonyl (C=O) groups is 1. The summed E-state index contributed by atoms with van der Waals surface area (Å²) in [6.45, 7) is 1.32. The minimum atomic E-state index is -0.152. The van der Waals surface area contributed by atoms with Gasteiger partial charge in [0.25, 0.3) is 0 Å². The third-order valence-electron chi connectivity index (χ3n) is 1.86. The normalized spacial score (nSPS) is 10.3. The van der Waals surface area contributed by atoms with E-state index >= 15 is 0 Å². The maximum atomic E-state index is 10.9. The zero-order chi connectivity index (χ0) is 10.7. The van der Waals surface area contributed by atoms with Crippen molar-refractivity contribution in [3.05, 3.63) is 33.3 Å². The topological polar surface area (TPSA) is 37.3 Å². The van der Waals surface area contributed by atoms with E-state index in [0.29, 0.717) is 21.2 Å². The first kappa shape index (κ1) is 11.5. The van der Waals surface area contributed by atoms with Crippen LogP contribution in [0.3, 0.4) is 0 Å². The van der Waals surface area contributed by atoms with Crippen LogP contribution in [-0.4, -0.2) is 10.9 Å². The second kappa shape index (κ2) is 4.78. The highest BCUT2D eigenvalue weighted by Crippen LogP contribution is 2.28. The molecule has 14 heavy (non-hydrogen) atoms. The standard InChI is InChI=1S/C10H10Cl2O2/c1-6(14)4-8-9(11)3-2-7(5-13)10(8)12/h2-3,13H,4-5H2,1H3. The molecule has 1 rings (SSSR count). The molecule has 76 valence electrons. The summed E-state index contributed by atoms with van der Waals surface area (Å²) in [5.74, 6) is -0.0103. The summed E-state index contributed by atoms with van der Waals surface area (Å²) >= 11 is 11.8. The van der Waals surface area contributed by atoms with E-state index < -0.39 is 0 Å². The highest BCUT2D eigenvalue weighted by atomic mass is 35.5. The first-order chi connectivity index (χ1) is 6.56. The molecule has 4 heteroatoms. The average molecular weight is 233 g/mol. The minimum Gasteiger partial charge on any atom is -0.392 e. The van der Waals surface area contributed by atoms with Crippen molar-refractivity contribution in [2.45, 2.75) is 20.0 Å². The van der Waals surface area contributed by atoms with Crippen LogP contribution in [0.2, 0.25) is 10.0 Å². The number of aliphatic hydroxyl groups excluding tert-OH is 1. The molecular formula is C10H10Cl2O2. The predicted molar refractivity (Wildman–Crippen MR) is 56.8 cm³/mol. The lowest BCUT2D eigenvalue weighted by Crippen LogP contribution is -2.00. The highest BCUT2D eigenvalue weighted by Gasteiger charge is 2.11. The minimum absolute atomic E-state index is 0.0103. The molecule has 0 aliphatic heterocycles. The molecule has 0 amide bonds. The molecule has 0 aliphatic carbocycles. The van der Waals surface area contributed by atoms with Gasteiger partial charge in [0, 0.05) is 11.4 Å². The Morgan fingerprint density at radius 3 is 2.57 bits per heavy atom. The van der Waals surface area contributed by atoms with Gasteiger partial charge in [-0.05, 0) is 24.1 Å². The van der Waals surface area contributed by atoms with Gasteiger partial charge in [-0.1, -0.05) is 29.3 Å². The number of Topliss-reactive ketones (excluding diaryl/α,β-unsaturated/α-hetero) is 1. The van der Waals surface area contributed by atoms with Crippen molar-refractivity contribution in [1.82, 2.24) is 0 Å². The monoisotopic (exact) mass is 232 g/mol. The molecular weight excluding hydrogens is 223 g/mol. The van der Waals surface area contributed by atoms with Crippen LogP contribution in [0.5, 0.6) is 0 Å². The summed E-state index contributed by atoms with van der Waals surface area (Å²) in [5.41, 5.74) is 1.18. The van der Waals surface area contributed by atoms with Crippen molar-refractivity contribution in [3.63, 3.8) is 0 Å². The van der Waals surface area contributed by atoms with Gasteiger partial charge in [-0.25, -0.2) is 0 Å². The van der Waals surface area contributed by atoms with Crippen LogP contribution in [0.4, 0.5) is 0 Å². The van der Waals surface area contributed by atoms with Crippen molar-refractivity contribution in [2.24, 2.45) is 0 Å². The molecule has 2 nitrogen and oxygen atoms in total. The number of aliphatic hydroxyl groups is 1. The number of carbonyl (C=O) groups excluding carboxylic acids is 1. The largest absolute Gasteiger partial charge is 0.392 e. The fourth-order valence-electron chi connectivity index (χ4n) is 1.18. The van der Waals surface area contributed by atoms with Crippen LogP contribution in [0.25, 0.3) is 0 Å². The molecule has 0 saturated heterocycles. The summed E-state index contributed by atoms with van der Waals surface area (Å²) in [5, 5.41) is 9.80. The van der Waals surface area contributed by atoms with Crippen LogP contribution in [-0.2, 0) is 17.8 Å². The zero-order valence-corrected chi connectivity index (χ0v) is 9.19. The summed E-state index contributed by atoms with van der Waals surface area (Å²) < 4.78 is 0. The molecule has 1 aromatic carbocycles. The maximum absolute atomic E-state index is 10.9. The molecule has 0 aromatic heterocycles. The smallest absolute Gasteiger partial charge is 0.134 e. The SMILES string of the molecule is CC(=O)Cc1c(Cl)ccc(CO)c1Cl. The van der Waals surface area contributed by atoms with Gasteiger partial charge < -0.3 is 5.11 Å². The fraction of sp³-hybridized carbons (Fsp3) is 0.300. The number of rotatable bonds is 3. The van der Waals surface area contributed by atoms with Gasteiger partial charge in [0.2, 0.25) is 0 Å². The lowest BCUT2D eigenvalue weighted by Gasteiger charge is -2.08. The molecule has 0 fully saturated rings. The van der Waals surface area contributed by atoms with E-state index in [0.717, 1.165) is 0 Å². The molecule has 0 heterocycles. The molecule has 0 bridgehead atoms. The highest BCUT2D eigenvalue weighted by molar-refractivity contribution is 6.36. The molecule has 0 saturated carbocycles. The van der Waals surface area contributed by atoms with Gasteiger partial charge >= 0.3 is 0 Å². The third-order valence-corrected chi connectivity index (χ3v) is 2.69. The lowest BCUT2D eigenvalue weighted by atomic mass is 10.1. The van der Waals surface area contributed by atoms with Crippen molar-refractivity contribution in [2.75, 3.05) is 0 Å². The molecule has 0 atom stereocenters. The van der Waals surface area contributed by atoms with E-state index in [-0.39, 0.29) is 18.8 Å². The predicted octanol–water partition coefficient (Wildman–Crippen LogP) is 2.62. The number of hydrogen-bond donors (Lipinski definition) is 1. The van der Waals surface area contributed by atoms with Gasteiger partial charge in [0.15, 0.2) is 0 Å². The Kier molecular flexibility index (Phi) is 3.93. The second-order valence-electron chi connectivity index (χ2n) is 3.04. The van der Waals surface area contributed by atoms with E-state index in [1.807, 2.05) is 0 Å². The Bertz CT molecular complexity index is 361. The number of ketones is 1. The molecule has 0 spiro atoms. The van der Waals surface area contributed by atoms with Crippen LogP contribution in [0, 0.1) is 0 Å². The average Bonchev–Trinajstić information content (AvgIpc) is 2.12. The van der Waals surface area contributed by atoms with E-state index in [9.17, 15) is 4.79 Å². The van der Waals surface area contributed by atoms with Gasteiger partial charge in [0.05, 0.1) is 11.6 Å². The van der Waals surface area contributed by atoms with Crippen molar-refractivity contribution in [3.8, 4) is 0 Å². The van der Waals surface area contributed by atoms with Gasteiger partial charge in [0.1, 0.15) is 5.78 Å². The van der Waals surface area contributed by atoms with Crippen LogP contribution in [0.15, 0.2) is 12.1 Å². The third kappa shape index (κ3) is 2.47. The molecule has 1 aromatic rings. The Hall–Kier alpha value is -0.570. The fourth-order valence-corrected chi connectivity index (χ4v) is 1.74. The second-order valence-corrected chi connectivity index (χ2v) is 3.82. The van der Waals surface area contributed by atoms with E-state index in [2.05, 4.69) is 0 Å². The van der Waals surface area contributed by atoms with Gasteiger partial charge in [-0.3, -0.25) is 4.79 Å². The lowest BCUT2D eigenvalue weighted by molar-refractivity contribution is -0.116. The van der Waals surface area contributed by atoms with Crippen molar-refractivity contribution >= 4 is 29.0 Å². The van der Waals surface area contributed by atoms with Crippen LogP contribution < -0.4 is 0 Å². The Morgan fingerprint density at radius 1 is 1.43 bits per heavy atom. The first-order valence-corrected chi connectivity index (χ1v) is 4.88. The van der Waals surface area contributed by atoms with E-state index in [1.165, 1.54) is 6.92 Å². The summed E-state index contributed by atoms with van der Waals surface area (Å²) in [4.78, 5) is 10.9. The van der Waals surface area contributed by atoms with Crippen molar-refractivity contribution in [1.29, 1.82) is 0 Å². The molecule has 0 radical (unpaired) electrons. The maximum Gasteiger partial charge on any atom is 0.134 e. The number of benzene rings is 1. The Labute approximate surface area is 92.5 Å². The Balaban J connectivity index is 3.18. The van der Waals surface area contributed by atoms with Gasteiger partial charge in [-0.2, -0.15) is 0 Å². The van der Waals surface area contributed by atoms with Crippen molar-refractivity contribution < 1.29 is 9.90 Å². The van der Waals surface area contributed by atoms with Gasteiger partial charge in [-0.15, -0.1) is 0 Å². The quantitative estimate of drug-likeness (QED) is 0.871. The number of halogens is 2.